The van der Waals surface area contributed by atoms with Gasteiger partial charge in [-0.05, 0) is 37.1 Å². The predicted molar refractivity (Wildman–Crippen MR) is 81.2 cm³/mol. The van der Waals surface area contributed by atoms with E-state index >= 15 is 0 Å². The maximum atomic E-state index is 9.48. The Balaban J connectivity index is 2.34. The van der Waals surface area contributed by atoms with Gasteiger partial charge in [0.1, 0.15) is 5.75 Å². The van der Waals surface area contributed by atoms with Gasteiger partial charge in [-0.15, -0.1) is 0 Å². The third-order valence-corrected chi connectivity index (χ3v) is 3.48. The summed E-state index contributed by atoms with van der Waals surface area (Å²) in [6.07, 6.45) is 0.622. The highest BCUT2D eigenvalue weighted by atomic mass is 35.5. The fraction of sp³-hybridized carbons (Fsp3) is 0.235. The van der Waals surface area contributed by atoms with Crippen molar-refractivity contribution < 1.29 is 4.74 Å². The molecule has 0 amide bonds. The number of methoxy groups -OCH3 is 1. The van der Waals surface area contributed by atoms with Gasteiger partial charge in [-0.2, -0.15) is 5.26 Å². The van der Waals surface area contributed by atoms with Crippen molar-refractivity contribution in [2.75, 3.05) is 7.11 Å². The first-order chi connectivity index (χ1) is 9.63. The summed E-state index contributed by atoms with van der Waals surface area (Å²) in [5.41, 5.74) is 3.09. The van der Waals surface area contributed by atoms with Crippen molar-refractivity contribution in [3.8, 4) is 11.8 Å². The van der Waals surface area contributed by atoms with E-state index in [0.29, 0.717) is 11.4 Å². The molecule has 0 fully saturated rings. The van der Waals surface area contributed by atoms with Crippen LogP contribution in [0.25, 0.3) is 0 Å². The molecule has 0 N–H and O–H groups in total. The first-order valence-corrected chi connectivity index (χ1v) is 6.80. The molecule has 2 aromatic carbocycles. The van der Waals surface area contributed by atoms with Gasteiger partial charge in [0.2, 0.25) is 0 Å². The van der Waals surface area contributed by atoms with E-state index in [1.165, 1.54) is 0 Å². The van der Waals surface area contributed by atoms with Gasteiger partial charge in [-0.25, -0.2) is 0 Å². The van der Waals surface area contributed by atoms with Crippen LogP contribution in [0.4, 0.5) is 0 Å². The molecule has 0 bridgehead atoms. The summed E-state index contributed by atoms with van der Waals surface area (Å²) >= 11 is 5.99. The molecule has 0 saturated heterocycles. The molecule has 0 radical (unpaired) electrons. The summed E-state index contributed by atoms with van der Waals surface area (Å²) in [5.74, 6) is 0.507. The molecule has 0 aromatic heterocycles. The second-order valence-electron chi connectivity index (χ2n) is 4.76. The van der Waals surface area contributed by atoms with Crippen LogP contribution in [0, 0.1) is 18.3 Å². The highest BCUT2D eigenvalue weighted by molar-refractivity contribution is 6.30. The zero-order chi connectivity index (χ0) is 14.5. The Hall–Kier alpha value is -1.98. The second kappa shape index (κ2) is 6.45. The number of benzene rings is 2. The first-order valence-electron chi connectivity index (χ1n) is 6.42. The zero-order valence-corrected chi connectivity index (χ0v) is 12.3. The standard InChI is InChI=1S/C17H16ClNO/c1-12-6-7-17(20-2)16(8-12)14(11-19)9-13-4-3-5-15(18)10-13/h3-8,10,14H,9H2,1-2H3. The van der Waals surface area contributed by atoms with Crippen LogP contribution < -0.4 is 4.74 Å². The van der Waals surface area contributed by atoms with Crippen molar-refractivity contribution >= 4 is 11.6 Å². The normalized spacial score (nSPS) is 11.7. The Morgan fingerprint density at radius 1 is 1.25 bits per heavy atom. The number of halogens is 1. The van der Waals surface area contributed by atoms with Crippen LogP contribution in [0.3, 0.4) is 0 Å². The number of hydrogen-bond donors (Lipinski definition) is 0. The number of ether oxygens (including phenoxy) is 1. The lowest BCUT2D eigenvalue weighted by atomic mass is 9.91. The summed E-state index contributed by atoms with van der Waals surface area (Å²) in [7, 11) is 1.63. The SMILES string of the molecule is COc1ccc(C)cc1C(C#N)Cc1cccc(Cl)c1. The Labute approximate surface area is 124 Å². The van der Waals surface area contributed by atoms with E-state index in [1.54, 1.807) is 7.11 Å². The van der Waals surface area contributed by atoms with Gasteiger partial charge in [0, 0.05) is 10.6 Å². The molecule has 1 unspecified atom stereocenters. The number of rotatable bonds is 4. The number of hydrogen-bond acceptors (Lipinski definition) is 2. The van der Waals surface area contributed by atoms with E-state index in [1.807, 2.05) is 49.4 Å². The summed E-state index contributed by atoms with van der Waals surface area (Å²) in [4.78, 5) is 0. The van der Waals surface area contributed by atoms with Gasteiger partial charge in [-0.1, -0.05) is 41.4 Å². The molecular weight excluding hydrogens is 270 g/mol. The van der Waals surface area contributed by atoms with Crippen molar-refractivity contribution in [1.29, 1.82) is 5.26 Å². The van der Waals surface area contributed by atoms with E-state index in [0.717, 1.165) is 22.4 Å². The van der Waals surface area contributed by atoms with E-state index in [4.69, 9.17) is 16.3 Å². The van der Waals surface area contributed by atoms with E-state index in [9.17, 15) is 5.26 Å². The molecule has 2 aromatic rings. The molecule has 2 rings (SSSR count). The van der Waals surface area contributed by atoms with Crippen LogP contribution in [-0.2, 0) is 6.42 Å². The maximum Gasteiger partial charge on any atom is 0.123 e. The monoisotopic (exact) mass is 285 g/mol. The average molecular weight is 286 g/mol. The maximum absolute atomic E-state index is 9.48. The Morgan fingerprint density at radius 2 is 2.05 bits per heavy atom. The van der Waals surface area contributed by atoms with Crippen LogP contribution in [0.15, 0.2) is 42.5 Å². The van der Waals surface area contributed by atoms with Crippen molar-refractivity contribution in [3.05, 3.63) is 64.2 Å². The van der Waals surface area contributed by atoms with Gasteiger partial charge in [-0.3, -0.25) is 0 Å². The molecular formula is C17H16ClNO. The Morgan fingerprint density at radius 3 is 2.70 bits per heavy atom. The van der Waals surface area contributed by atoms with Crippen LogP contribution in [0.2, 0.25) is 5.02 Å². The van der Waals surface area contributed by atoms with Crippen LogP contribution in [0.1, 0.15) is 22.6 Å². The molecule has 0 aliphatic heterocycles. The lowest BCUT2D eigenvalue weighted by Crippen LogP contribution is -2.03. The summed E-state index contributed by atoms with van der Waals surface area (Å²) in [5, 5.41) is 10.2. The van der Waals surface area contributed by atoms with Crippen LogP contribution >= 0.6 is 11.6 Å². The minimum Gasteiger partial charge on any atom is -0.496 e. The molecule has 0 aliphatic carbocycles. The van der Waals surface area contributed by atoms with Gasteiger partial charge >= 0.3 is 0 Å². The number of aryl methyl sites for hydroxylation is 1. The number of nitrogens with zero attached hydrogens (tertiary/aromatic N) is 1. The molecule has 20 heavy (non-hydrogen) atoms. The van der Waals surface area contributed by atoms with Crippen LogP contribution in [-0.4, -0.2) is 7.11 Å². The van der Waals surface area contributed by atoms with Crippen LogP contribution in [0.5, 0.6) is 5.75 Å². The quantitative estimate of drug-likeness (QED) is 0.828. The second-order valence-corrected chi connectivity index (χ2v) is 5.20. The third-order valence-electron chi connectivity index (χ3n) is 3.25. The first kappa shape index (κ1) is 14.4. The highest BCUT2D eigenvalue weighted by Crippen LogP contribution is 2.30. The summed E-state index contributed by atoms with van der Waals surface area (Å²) in [6, 6.07) is 15.9. The minimum absolute atomic E-state index is 0.247. The lowest BCUT2D eigenvalue weighted by Gasteiger charge is -2.14. The molecule has 0 spiro atoms. The number of nitriles is 1. The van der Waals surface area contributed by atoms with E-state index < -0.39 is 0 Å². The fourth-order valence-corrected chi connectivity index (χ4v) is 2.46. The molecule has 102 valence electrons. The van der Waals surface area contributed by atoms with Crippen molar-refractivity contribution in [2.24, 2.45) is 0 Å². The van der Waals surface area contributed by atoms with Gasteiger partial charge in [0.25, 0.3) is 0 Å². The molecule has 2 nitrogen and oxygen atoms in total. The fourth-order valence-electron chi connectivity index (χ4n) is 2.25. The Bertz CT molecular complexity index is 646. The highest BCUT2D eigenvalue weighted by Gasteiger charge is 2.16. The third kappa shape index (κ3) is 3.31. The van der Waals surface area contributed by atoms with Crippen molar-refractivity contribution in [2.45, 2.75) is 19.3 Å². The molecule has 0 heterocycles. The largest absolute Gasteiger partial charge is 0.496 e. The zero-order valence-electron chi connectivity index (χ0n) is 11.6. The lowest BCUT2D eigenvalue weighted by molar-refractivity contribution is 0.408. The topological polar surface area (TPSA) is 33.0 Å². The molecule has 3 heteroatoms. The van der Waals surface area contributed by atoms with E-state index in [-0.39, 0.29) is 5.92 Å². The average Bonchev–Trinajstić information content (AvgIpc) is 2.45. The smallest absolute Gasteiger partial charge is 0.123 e. The minimum atomic E-state index is -0.247. The molecule has 0 aliphatic rings. The Kier molecular flexibility index (Phi) is 4.65. The van der Waals surface area contributed by atoms with Gasteiger partial charge < -0.3 is 4.74 Å². The molecule has 0 saturated carbocycles. The van der Waals surface area contributed by atoms with E-state index in [2.05, 4.69) is 6.07 Å². The van der Waals surface area contributed by atoms with Gasteiger partial charge in [0.05, 0.1) is 19.1 Å². The van der Waals surface area contributed by atoms with Crippen molar-refractivity contribution in [3.63, 3.8) is 0 Å². The summed E-state index contributed by atoms with van der Waals surface area (Å²) in [6.45, 7) is 2.01. The van der Waals surface area contributed by atoms with Gasteiger partial charge in [0.15, 0.2) is 0 Å². The van der Waals surface area contributed by atoms with Crippen molar-refractivity contribution in [1.82, 2.24) is 0 Å². The molecule has 1 atom stereocenters. The summed E-state index contributed by atoms with van der Waals surface area (Å²) < 4.78 is 5.37. The predicted octanol–water partition coefficient (Wildman–Crippen LogP) is 4.51.